The van der Waals surface area contributed by atoms with Crippen LogP contribution in [0, 0.1) is 11.3 Å². The molecule has 1 saturated heterocycles. The molecule has 9 nitrogen and oxygen atoms in total. The van der Waals surface area contributed by atoms with Gasteiger partial charge in [-0.05, 0) is 49.2 Å². The lowest BCUT2D eigenvalue weighted by atomic mass is 9.95. The molecule has 2 aromatic carbocycles. The summed E-state index contributed by atoms with van der Waals surface area (Å²) in [5, 5.41) is 17.7. The van der Waals surface area contributed by atoms with Crippen molar-refractivity contribution < 1.29 is 0 Å². The lowest BCUT2D eigenvalue weighted by molar-refractivity contribution is 0.202. The predicted octanol–water partition coefficient (Wildman–Crippen LogP) is 6.99. The molecule has 3 aromatic heterocycles. The Kier molecular flexibility index (Phi) is 9.23. The van der Waals surface area contributed by atoms with Crippen LogP contribution in [0.5, 0.6) is 0 Å². The summed E-state index contributed by atoms with van der Waals surface area (Å²) in [5.74, 6) is 2.15. The van der Waals surface area contributed by atoms with Gasteiger partial charge in [-0.2, -0.15) is 15.3 Å². The van der Waals surface area contributed by atoms with Gasteiger partial charge < -0.3 is 0 Å². The highest BCUT2D eigenvalue weighted by Crippen LogP contribution is 2.33. The molecule has 5 heterocycles. The van der Waals surface area contributed by atoms with Gasteiger partial charge in [0, 0.05) is 41.4 Å². The number of nitriles is 1. The van der Waals surface area contributed by atoms with Crippen LogP contribution in [0.1, 0.15) is 61.7 Å². The molecular weight excluding hydrogens is 558 g/mol. The van der Waals surface area contributed by atoms with Gasteiger partial charge in [0.05, 0.1) is 5.69 Å². The lowest BCUT2D eigenvalue weighted by Gasteiger charge is -2.30. The van der Waals surface area contributed by atoms with E-state index in [0.717, 1.165) is 71.9 Å². The van der Waals surface area contributed by atoms with Crippen LogP contribution in [0.4, 0.5) is 0 Å². The third-order valence-electron chi connectivity index (χ3n) is 7.99. The molecule has 1 atom stereocenters. The van der Waals surface area contributed by atoms with E-state index in [9.17, 15) is 5.26 Å². The molecule has 224 valence electrons. The monoisotopic (exact) mass is 593 g/mol. The molecule has 1 unspecified atom stereocenters. The number of nitrogens with zero attached hydrogens (tertiary/aromatic N) is 8. The second-order valence-corrected chi connectivity index (χ2v) is 10.8. The summed E-state index contributed by atoms with van der Waals surface area (Å²) in [6, 6.07) is 22.8. The van der Waals surface area contributed by atoms with Crippen molar-refractivity contribution in [3.8, 4) is 28.5 Å². The number of aromatic nitrogens is 6. The number of nitrogens with one attached hydrogen (secondary N) is 1. The van der Waals surface area contributed by atoms with Crippen LogP contribution in [0.15, 0.2) is 96.2 Å². The Hall–Kier alpha value is -5.33. The predicted molar refractivity (Wildman–Crippen MR) is 177 cm³/mol. The molecule has 45 heavy (non-hydrogen) atoms. The van der Waals surface area contributed by atoms with E-state index < -0.39 is 0 Å². The number of aromatic amines is 1. The van der Waals surface area contributed by atoms with Gasteiger partial charge in [-0.25, -0.2) is 15.0 Å². The van der Waals surface area contributed by atoms with Crippen LogP contribution in [0.3, 0.4) is 0 Å². The minimum absolute atomic E-state index is 0.115. The van der Waals surface area contributed by atoms with Crippen LogP contribution >= 0.6 is 0 Å². The fourth-order valence-corrected chi connectivity index (χ4v) is 5.69. The van der Waals surface area contributed by atoms with Crippen LogP contribution in [-0.2, 0) is 6.54 Å². The quantitative estimate of drug-likeness (QED) is 0.225. The Balaban J connectivity index is 0.00000175. The first-order chi connectivity index (χ1) is 22.2. The van der Waals surface area contributed by atoms with Crippen molar-refractivity contribution in [2.75, 3.05) is 13.1 Å². The van der Waals surface area contributed by atoms with Crippen molar-refractivity contribution >= 4 is 17.2 Å². The van der Waals surface area contributed by atoms with Crippen molar-refractivity contribution in [3.63, 3.8) is 0 Å². The van der Waals surface area contributed by atoms with E-state index in [-0.39, 0.29) is 11.9 Å². The van der Waals surface area contributed by atoms with Crippen molar-refractivity contribution in [2.45, 2.75) is 45.2 Å². The molecule has 0 amide bonds. The first-order valence-electron chi connectivity index (χ1n) is 15.5. The number of likely N-dealkylation sites (tertiary alicyclic amines) is 1. The Morgan fingerprint density at radius 3 is 2.49 bits per heavy atom. The van der Waals surface area contributed by atoms with Crippen LogP contribution in [-0.4, -0.2) is 54.3 Å². The zero-order chi connectivity index (χ0) is 31.0. The summed E-state index contributed by atoms with van der Waals surface area (Å²) >= 11 is 0. The highest BCUT2D eigenvalue weighted by Gasteiger charge is 2.25. The number of hydrogen-bond acceptors (Lipinski definition) is 8. The molecule has 9 heteroatoms. The van der Waals surface area contributed by atoms with Gasteiger partial charge >= 0.3 is 0 Å². The number of fused-ring (bicyclic) bond motifs is 1. The van der Waals surface area contributed by atoms with E-state index in [2.05, 4.69) is 72.5 Å². The summed E-state index contributed by atoms with van der Waals surface area (Å²) in [6.45, 7) is 6.87. The average Bonchev–Trinajstić information content (AvgIpc) is 3.44. The van der Waals surface area contributed by atoms with Gasteiger partial charge in [0.2, 0.25) is 5.82 Å². The van der Waals surface area contributed by atoms with Crippen LogP contribution in [0.25, 0.3) is 33.4 Å². The Labute approximate surface area is 263 Å². The van der Waals surface area contributed by atoms with Crippen molar-refractivity contribution in [3.05, 3.63) is 114 Å². The topological polar surface area (TPSA) is 120 Å². The van der Waals surface area contributed by atoms with Crippen molar-refractivity contribution in [1.82, 2.24) is 35.0 Å². The molecule has 2 aliphatic heterocycles. The van der Waals surface area contributed by atoms with Gasteiger partial charge in [0.1, 0.15) is 12.1 Å². The van der Waals surface area contributed by atoms with E-state index >= 15 is 0 Å². The average molecular weight is 594 g/mol. The first kappa shape index (κ1) is 29.7. The summed E-state index contributed by atoms with van der Waals surface area (Å²) < 4.78 is 0. The number of allylic oxidation sites excluding steroid dienone is 3. The number of hydrogen-bond donors (Lipinski definition) is 1. The van der Waals surface area contributed by atoms with Gasteiger partial charge in [0.25, 0.3) is 0 Å². The Morgan fingerprint density at radius 2 is 1.71 bits per heavy atom. The normalized spacial score (nSPS) is 16.6. The SMILES string of the molecule is CC.N#Cc1ncc2cc(-c3ccccc3)c(-c3ccc(CN4CCC(c5n[nH]c(C6C=CC=CC=N6)n5)CC4)cc3)nc2n1. The molecule has 0 bridgehead atoms. The highest BCUT2D eigenvalue weighted by atomic mass is 15.2. The number of aliphatic imine (C=N–C) groups is 1. The molecule has 1 N–H and O–H groups in total. The Bertz CT molecular complexity index is 1860. The summed E-state index contributed by atoms with van der Waals surface area (Å²) in [6.07, 6.45) is 13.4. The van der Waals surface area contributed by atoms with Gasteiger partial charge in [-0.3, -0.25) is 15.0 Å². The minimum Gasteiger partial charge on any atom is -0.299 e. The maximum atomic E-state index is 9.29. The van der Waals surface area contributed by atoms with E-state index in [1.807, 2.05) is 62.4 Å². The maximum Gasteiger partial charge on any atom is 0.234 e. The molecular formula is C36H35N9. The standard InChI is InChI=1S/C34H29N9.C2H6/c35-20-30-37-21-27-19-28(24-7-3-1-4-8-24)31(39-32(27)38-30)25-12-10-23(11-13-25)22-43-17-14-26(15-18-43)33-40-34(42-41-33)29-9-5-2-6-16-36-29;1-2/h1-13,16,19,21,26,29H,14-15,17-18,22H2,(H,40,41,42);1-2H3. The first-order valence-corrected chi connectivity index (χ1v) is 15.5. The summed E-state index contributed by atoms with van der Waals surface area (Å²) in [7, 11) is 0. The van der Waals surface area contributed by atoms with Crippen molar-refractivity contribution in [1.29, 1.82) is 5.26 Å². The lowest BCUT2D eigenvalue weighted by Crippen LogP contribution is -2.32. The third kappa shape index (κ3) is 6.77. The molecule has 0 radical (unpaired) electrons. The van der Waals surface area contributed by atoms with E-state index in [1.54, 1.807) is 12.4 Å². The van der Waals surface area contributed by atoms with Crippen LogP contribution in [0.2, 0.25) is 0 Å². The maximum absolute atomic E-state index is 9.29. The summed E-state index contributed by atoms with van der Waals surface area (Å²) in [5.41, 5.74) is 5.68. The zero-order valence-electron chi connectivity index (χ0n) is 25.5. The molecule has 1 fully saturated rings. The highest BCUT2D eigenvalue weighted by molar-refractivity contribution is 5.89. The van der Waals surface area contributed by atoms with E-state index in [1.165, 1.54) is 5.56 Å². The largest absolute Gasteiger partial charge is 0.299 e. The number of piperidine rings is 1. The minimum atomic E-state index is -0.115. The van der Waals surface area contributed by atoms with E-state index in [4.69, 9.17) is 9.97 Å². The van der Waals surface area contributed by atoms with Crippen molar-refractivity contribution in [2.24, 2.45) is 4.99 Å². The fourth-order valence-electron chi connectivity index (χ4n) is 5.69. The molecule has 5 aromatic rings. The molecule has 0 aliphatic carbocycles. The molecule has 7 rings (SSSR count). The summed E-state index contributed by atoms with van der Waals surface area (Å²) in [4.78, 5) is 25.2. The second-order valence-electron chi connectivity index (χ2n) is 10.8. The number of rotatable bonds is 6. The number of pyridine rings is 1. The smallest absolute Gasteiger partial charge is 0.234 e. The fraction of sp³-hybridized carbons (Fsp3) is 0.250. The number of benzene rings is 2. The zero-order valence-corrected chi connectivity index (χ0v) is 25.5. The van der Waals surface area contributed by atoms with E-state index in [0.29, 0.717) is 11.6 Å². The van der Waals surface area contributed by atoms with Gasteiger partial charge in [-0.1, -0.05) is 86.7 Å². The molecule has 0 spiro atoms. The van der Waals surface area contributed by atoms with Gasteiger partial charge in [0.15, 0.2) is 17.3 Å². The second kappa shape index (κ2) is 14.0. The third-order valence-corrected chi connectivity index (χ3v) is 7.99. The van der Waals surface area contributed by atoms with Gasteiger partial charge in [-0.15, -0.1) is 0 Å². The van der Waals surface area contributed by atoms with Crippen LogP contribution < -0.4 is 0 Å². The molecule has 2 aliphatic rings. The Morgan fingerprint density at radius 1 is 0.911 bits per heavy atom. The molecule has 0 saturated carbocycles. The number of H-pyrrole nitrogens is 1.